The fourth-order valence-electron chi connectivity index (χ4n) is 1.60. The lowest BCUT2D eigenvalue weighted by Crippen LogP contribution is -2.25. The molecule has 0 aliphatic rings. The van der Waals surface area contributed by atoms with Gasteiger partial charge in [-0.15, -0.1) is 0 Å². The standard InChI is InChI=1S/C11H25NO2Si/c1-6-7-10(2)12-9-8-11(3)15(13-4)14-5/h11,15H,6-9H2,1-5H3. The Morgan fingerprint density at radius 3 is 2.40 bits per heavy atom. The summed E-state index contributed by atoms with van der Waals surface area (Å²) in [6, 6.07) is 0. The van der Waals surface area contributed by atoms with Crippen molar-refractivity contribution in [1.29, 1.82) is 0 Å². The van der Waals surface area contributed by atoms with Crippen LogP contribution in [0.15, 0.2) is 4.99 Å². The lowest BCUT2D eigenvalue weighted by Gasteiger charge is -2.17. The highest BCUT2D eigenvalue weighted by Crippen LogP contribution is 2.15. The third kappa shape index (κ3) is 6.81. The Hall–Kier alpha value is -0.193. The van der Waals surface area contributed by atoms with Gasteiger partial charge in [-0.25, -0.2) is 0 Å². The quantitative estimate of drug-likeness (QED) is 0.475. The second-order valence-corrected chi connectivity index (χ2v) is 6.79. The normalized spacial score (nSPS) is 14.7. The molecule has 0 spiro atoms. The molecule has 0 aromatic rings. The molecule has 0 N–H and O–H groups in total. The second kappa shape index (κ2) is 9.06. The first-order valence-corrected chi connectivity index (χ1v) is 7.32. The van der Waals surface area contributed by atoms with Crippen LogP contribution in [0.5, 0.6) is 0 Å². The zero-order valence-electron chi connectivity index (χ0n) is 10.7. The SMILES string of the molecule is CCCC(C)=NCCC(C)[SiH](OC)OC. The molecule has 0 fully saturated rings. The average molecular weight is 231 g/mol. The van der Waals surface area contributed by atoms with Gasteiger partial charge in [0, 0.05) is 26.5 Å². The zero-order valence-corrected chi connectivity index (χ0v) is 11.9. The monoisotopic (exact) mass is 231 g/mol. The van der Waals surface area contributed by atoms with Crippen LogP contribution >= 0.6 is 0 Å². The average Bonchev–Trinajstić information content (AvgIpc) is 2.20. The fourth-order valence-corrected chi connectivity index (χ4v) is 3.14. The topological polar surface area (TPSA) is 30.8 Å². The van der Waals surface area contributed by atoms with E-state index < -0.39 is 9.28 Å². The lowest BCUT2D eigenvalue weighted by molar-refractivity contribution is 0.265. The van der Waals surface area contributed by atoms with Gasteiger partial charge in [0.25, 0.3) is 0 Å². The highest BCUT2D eigenvalue weighted by atomic mass is 28.3. The highest BCUT2D eigenvalue weighted by Gasteiger charge is 2.18. The summed E-state index contributed by atoms with van der Waals surface area (Å²) >= 11 is 0. The van der Waals surface area contributed by atoms with Gasteiger partial charge < -0.3 is 8.85 Å². The van der Waals surface area contributed by atoms with Crippen molar-refractivity contribution < 1.29 is 8.85 Å². The molecular weight excluding hydrogens is 206 g/mol. The van der Waals surface area contributed by atoms with E-state index in [9.17, 15) is 0 Å². The molecule has 0 aliphatic carbocycles. The van der Waals surface area contributed by atoms with Crippen LogP contribution in [-0.2, 0) is 8.85 Å². The van der Waals surface area contributed by atoms with Crippen LogP contribution in [0.4, 0.5) is 0 Å². The Balaban J connectivity index is 3.79. The van der Waals surface area contributed by atoms with E-state index in [0.29, 0.717) is 5.54 Å². The van der Waals surface area contributed by atoms with E-state index in [-0.39, 0.29) is 0 Å². The van der Waals surface area contributed by atoms with E-state index in [0.717, 1.165) is 19.4 Å². The number of hydrogen-bond acceptors (Lipinski definition) is 3. The van der Waals surface area contributed by atoms with Gasteiger partial charge >= 0.3 is 9.28 Å². The van der Waals surface area contributed by atoms with Crippen molar-refractivity contribution in [3.8, 4) is 0 Å². The summed E-state index contributed by atoms with van der Waals surface area (Å²) in [7, 11) is 2.04. The van der Waals surface area contributed by atoms with Crippen LogP contribution in [0.2, 0.25) is 5.54 Å². The van der Waals surface area contributed by atoms with E-state index >= 15 is 0 Å². The van der Waals surface area contributed by atoms with Crippen LogP contribution in [0.3, 0.4) is 0 Å². The number of aliphatic imine (C=N–C) groups is 1. The third-order valence-electron chi connectivity index (χ3n) is 2.51. The van der Waals surface area contributed by atoms with Crippen molar-refractivity contribution in [2.24, 2.45) is 4.99 Å². The predicted molar refractivity (Wildman–Crippen MR) is 68.1 cm³/mol. The maximum atomic E-state index is 5.33. The minimum Gasteiger partial charge on any atom is -0.400 e. The van der Waals surface area contributed by atoms with Crippen LogP contribution < -0.4 is 0 Å². The summed E-state index contributed by atoms with van der Waals surface area (Å²) in [6.07, 6.45) is 3.36. The minimum absolute atomic E-state index is 0.526. The van der Waals surface area contributed by atoms with Gasteiger partial charge in [-0.05, 0) is 25.3 Å². The summed E-state index contributed by atoms with van der Waals surface area (Å²) in [6.45, 7) is 7.38. The minimum atomic E-state index is -1.43. The van der Waals surface area contributed by atoms with Crippen LogP contribution in [-0.4, -0.2) is 35.8 Å². The molecule has 3 nitrogen and oxygen atoms in total. The lowest BCUT2D eigenvalue weighted by atomic mass is 10.2. The molecule has 0 saturated heterocycles. The van der Waals surface area contributed by atoms with E-state index in [1.54, 1.807) is 14.2 Å². The van der Waals surface area contributed by atoms with Crippen molar-refractivity contribution in [3.63, 3.8) is 0 Å². The van der Waals surface area contributed by atoms with Gasteiger partial charge in [-0.2, -0.15) is 0 Å². The van der Waals surface area contributed by atoms with E-state index in [1.165, 1.54) is 12.1 Å². The van der Waals surface area contributed by atoms with Gasteiger partial charge in [-0.1, -0.05) is 20.3 Å². The van der Waals surface area contributed by atoms with Crippen molar-refractivity contribution in [2.75, 3.05) is 20.8 Å². The van der Waals surface area contributed by atoms with Gasteiger partial charge in [-0.3, -0.25) is 4.99 Å². The summed E-state index contributed by atoms with van der Waals surface area (Å²) in [5.74, 6) is 0. The van der Waals surface area contributed by atoms with Gasteiger partial charge in [0.15, 0.2) is 0 Å². The number of rotatable bonds is 8. The number of nitrogens with zero attached hydrogens (tertiary/aromatic N) is 1. The Morgan fingerprint density at radius 2 is 1.93 bits per heavy atom. The Morgan fingerprint density at radius 1 is 1.33 bits per heavy atom. The van der Waals surface area contributed by atoms with Gasteiger partial charge in [0.05, 0.1) is 0 Å². The summed E-state index contributed by atoms with van der Waals surface area (Å²) in [5, 5.41) is 0. The molecule has 0 amide bonds. The van der Waals surface area contributed by atoms with Crippen molar-refractivity contribution in [2.45, 2.75) is 45.6 Å². The first kappa shape index (κ1) is 14.8. The Labute approximate surface area is 95.7 Å². The molecule has 4 heteroatoms. The highest BCUT2D eigenvalue weighted by molar-refractivity contribution is 6.46. The van der Waals surface area contributed by atoms with Crippen molar-refractivity contribution in [1.82, 2.24) is 0 Å². The predicted octanol–water partition coefficient (Wildman–Crippen LogP) is 2.54. The molecular formula is C11H25NO2Si. The molecule has 1 unspecified atom stereocenters. The van der Waals surface area contributed by atoms with Gasteiger partial charge in [0.1, 0.15) is 0 Å². The molecule has 1 atom stereocenters. The van der Waals surface area contributed by atoms with Crippen molar-refractivity contribution >= 4 is 15.0 Å². The molecule has 0 radical (unpaired) electrons. The molecule has 0 heterocycles. The molecule has 15 heavy (non-hydrogen) atoms. The molecule has 0 aromatic heterocycles. The van der Waals surface area contributed by atoms with Crippen LogP contribution in [0, 0.1) is 0 Å². The zero-order chi connectivity index (χ0) is 11.7. The van der Waals surface area contributed by atoms with Crippen LogP contribution in [0.25, 0.3) is 0 Å². The largest absolute Gasteiger partial charge is 0.400 e. The Bertz CT molecular complexity index is 181. The summed E-state index contributed by atoms with van der Waals surface area (Å²) < 4.78 is 10.7. The fraction of sp³-hybridized carbons (Fsp3) is 0.909. The third-order valence-corrected chi connectivity index (χ3v) is 4.70. The van der Waals surface area contributed by atoms with Crippen LogP contribution in [0.1, 0.15) is 40.0 Å². The smallest absolute Gasteiger partial charge is 0.323 e. The molecule has 0 aliphatic heterocycles. The maximum Gasteiger partial charge on any atom is 0.323 e. The maximum absolute atomic E-state index is 5.33. The molecule has 90 valence electrons. The van der Waals surface area contributed by atoms with E-state index in [2.05, 4.69) is 25.8 Å². The summed E-state index contributed by atoms with van der Waals surface area (Å²) in [5.41, 5.74) is 1.79. The van der Waals surface area contributed by atoms with Gasteiger partial charge in [0.2, 0.25) is 0 Å². The molecule has 0 bridgehead atoms. The number of hydrogen-bond donors (Lipinski definition) is 0. The molecule has 0 rings (SSSR count). The Kier molecular flexibility index (Phi) is 8.95. The van der Waals surface area contributed by atoms with Crippen molar-refractivity contribution in [3.05, 3.63) is 0 Å². The van der Waals surface area contributed by atoms with E-state index in [1.807, 2.05) is 0 Å². The first-order chi connectivity index (χ1) is 7.15. The second-order valence-electron chi connectivity index (χ2n) is 3.97. The first-order valence-electron chi connectivity index (χ1n) is 5.71. The molecule has 0 aromatic carbocycles. The molecule has 0 saturated carbocycles. The summed E-state index contributed by atoms with van der Waals surface area (Å²) in [4.78, 5) is 4.53. The van der Waals surface area contributed by atoms with E-state index in [4.69, 9.17) is 8.85 Å².